The Balaban J connectivity index is 2.71. The average Bonchev–Trinajstić information content (AvgIpc) is 2.28. The normalized spacial score (nSPS) is 11.6. The number of hydrogen-bond donors (Lipinski definition) is 0. The largest absolute Gasteiger partial charge is 0.340 e. The number of nitriles is 1. The van der Waals surface area contributed by atoms with Crippen molar-refractivity contribution >= 4 is 17.5 Å². The van der Waals surface area contributed by atoms with Crippen LogP contribution in [-0.2, 0) is 0 Å². The predicted molar refractivity (Wildman–Crippen MR) is 63.2 cm³/mol. The van der Waals surface area contributed by atoms with Crippen LogP contribution in [0.15, 0.2) is 24.3 Å². The molecule has 0 spiro atoms. The Bertz CT molecular complexity index is 408. The van der Waals surface area contributed by atoms with Crippen LogP contribution < -0.4 is 0 Å². The standard InChI is InChI=1S/C12H13ClN2O/c1-9(7-14)8-15(2)12(16)10-3-5-11(13)6-4-10/h3-6,9H,8H2,1-2H3. The van der Waals surface area contributed by atoms with Crippen LogP contribution in [0.3, 0.4) is 0 Å². The first-order chi connectivity index (χ1) is 7.54. The van der Waals surface area contributed by atoms with E-state index in [1.165, 1.54) is 4.90 Å². The topological polar surface area (TPSA) is 44.1 Å². The van der Waals surface area contributed by atoms with Crippen molar-refractivity contribution in [1.29, 1.82) is 5.26 Å². The lowest BCUT2D eigenvalue weighted by molar-refractivity contribution is 0.0785. The number of nitrogens with zero attached hydrogens (tertiary/aromatic N) is 2. The van der Waals surface area contributed by atoms with Gasteiger partial charge < -0.3 is 4.90 Å². The van der Waals surface area contributed by atoms with Crippen molar-refractivity contribution in [2.75, 3.05) is 13.6 Å². The molecule has 0 aliphatic carbocycles. The maximum absolute atomic E-state index is 11.9. The van der Waals surface area contributed by atoms with Crippen LogP contribution in [-0.4, -0.2) is 24.4 Å². The van der Waals surface area contributed by atoms with Gasteiger partial charge in [0, 0.05) is 24.2 Å². The van der Waals surface area contributed by atoms with E-state index in [2.05, 4.69) is 6.07 Å². The van der Waals surface area contributed by atoms with Gasteiger partial charge in [-0.15, -0.1) is 0 Å². The molecule has 84 valence electrons. The van der Waals surface area contributed by atoms with Crippen molar-refractivity contribution in [1.82, 2.24) is 4.90 Å². The van der Waals surface area contributed by atoms with Crippen LogP contribution in [0.4, 0.5) is 0 Å². The van der Waals surface area contributed by atoms with E-state index >= 15 is 0 Å². The van der Waals surface area contributed by atoms with Gasteiger partial charge >= 0.3 is 0 Å². The van der Waals surface area contributed by atoms with E-state index in [-0.39, 0.29) is 11.8 Å². The summed E-state index contributed by atoms with van der Waals surface area (Å²) in [4.78, 5) is 13.4. The molecule has 4 heteroatoms. The fraction of sp³-hybridized carbons (Fsp3) is 0.333. The summed E-state index contributed by atoms with van der Waals surface area (Å²) in [5, 5.41) is 9.27. The molecule has 1 aromatic rings. The summed E-state index contributed by atoms with van der Waals surface area (Å²) in [6.07, 6.45) is 0. The molecule has 1 unspecified atom stereocenters. The summed E-state index contributed by atoms with van der Waals surface area (Å²) in [5.41, 5.74) is 0.581. The molecule has 0 radical (unpaired) electrons. The smallest absolute Gasteiger partial charge is 0.253 e. The molecule has 0 aliphatic rings. The Morgan fingerprint density at radius 3 is 2.56 bits per heavy atom. The zero-order chi connectivity index (χ0) is 12.1. The van der Waals surface area contributed by atoms with Crippen molar-refractivity contribution in [3.63, 3.8) is 0 Å². The van der Waals surface area contributed by atoms with Crippen LogP contribution in [0.1, 0.15) is 17.3 Å². The summed E-state index contributed by atoms with van der Waals surface area (Å²) in [7, 11) is 1.69. The van der Waals surface area contributed by atoms with Gasteiger partial charge in [0.2, 0.25) is 0 Å². The molecule has 1 amide bonds. The molecule has 3 nitrogen and oxygen atoms in total. The minimum atomic E-state index is -0.166. The SMILES string of the molecule is CC(C#N)CN(C)C(=O)c1ccc(Cl)cc1. The summed E-state index contributed by atoms with van der Waals surface area (Å²) in [5.74, 6) is -0.264. The minimum absolute atomic E-state index is 0.0984. The average molecular weight is 237 g/mol. The van der Waals surface area contributed by atoms with Gasteiger partial charge in [-0.2, -0.15) is 5.26 Å². The fourth-order valence-electron chi connectivity index (χ4n) is 1.35. The van der Waals surface area contributed by atoms with Gasteiger partial charge in [0.05, 0.1) is 12.0 Å². The van der Waals surface area contributed by atoms with Gasteiger partial charge in [0.15, 0.2) is 0 Å². The second-order valence-corrected chi connectivity index (χ2v) is 4.16. The van der Waals surface area contributed by atoms with E-state index in [1.54, 1.807) is 38.2 Å². The third-order valence-electron chi connectivity index (χ3n) is 2.21. The number of carbonyl (C=O) groups excluding carboxylic acids is 1. The molecule has 1 atom stereocenters. The fourth-order valence-corrected chi connectivity index (χ4v) is 1.47. The Morgan fingerprint density at radius 2 is 2.06 bits per heavy atom. The highest BCUT2D eigenvalue weighted by atomic mass is 35.5. The van der Waals surface area contributed by atoms with Crippen LogP contribution in [0.5, 0.6) is 0 Å². The lowest BCUT2D eigenvalue weighted by Crippen LogP contribution is -2.30. The number of carbonyl (C=O) groups is 1. The van der Waals surface area contributed by atoms with Gasteiger partial charge in [-0.25, -0.2) is 0 Å². The maximum Gasteiger partial charge on any atom is 0.253 e. The molecule has 0 aromatic heterocycles. The number of amides is 1. The minimum Gasteiger partial charge on any atom is -0.340 e. The molecule has 0 N–H and O–H groups in total. The van der Waals surface area contributed by atoms with Gasteiger partial charge in [-0.05, 0) is 31.2 Å². The zero-order valence-corrected chi connectivity index (χ0v) is 10.0. The van der Waals surface area contributed by atoms with Gasteiger partial charge in [-0.3, -0.25) is 4.79 Å². The molecule has 0 saturated carbocycles. The van der Waals surface area contributed by atoms with E-state index in [1.807, 2.05) is 0 Å². The Hall–Kier alpha value is -1.53. The lowest BCUT2D eigenvalue weighted by atomic mass is 10.1. The van der Waals surface area contributed by atoms with Crippen molar-refractivity contribution < 1.29 is 4.79 Å². The second kappa shape index (κ2) is 5.53. The van der Waals surface area contributed by atoms with Gasteiger partial charge in [-0.1, -0.05) is 11.6 Å². The third kappa shape index (κ3) is 3.25. The number of hydrogen-bond acceptors (Lipinski definition) is 2. The quantitative estimate of drug-likeness (QED) is 0.810. The molecule has 0 heterocycles. The van der Waals surface area contributed by atoms with E-state index in [4.69, 9.17) is 16.9 Å². The highest BCUT2D eigenvalue weighted by Gasteiger charge is 2.13. The molecule has 0 aliphatic heterocycles. The van der Waals surface area contributed by atoms with Gasteiger partial charge in [0.1, 0.15) is 0 Å². The monoisotopic (exact) mass is 236 g/mol. The van der Waals surface area contributed by atoms with Crippen molar-refractivity contribution in [3.05, 3.63) is 34.9 Å². The first-order valence-electron chi connectivity index (χ1n) is 4.95. The summed E-state index contributed by atoms with van der Waals surface area (Å²) in [6, 6.07) is 8.81. The number of benzene rings is 1. The van der Waals surface area contributed by atoms with Crippen LogP contribution in [0.25, 0.3) is 0 Å². The van der Waals surface area contributed by atoms with Crippen molar-refractivity contribution in [2.24, 2.45) is 5.92 Å². The summed E-state index contributed by atoms with van der Waals surface area (Å²) >= 11 is 5.73. The zero-order valence-electron chi connectivity index (χ0n) is 9.27. The molecule has 1 aromatic carbocycles. The number of halogens is 1. The summed E-state index contributed by atoms with van der Waals surface area (Å²) in [6.45, 7) is 2.21. The molecule has 16 heavy (non-hydrogen) atoms. The molecule has 0 fully saturated rings. The molecular weight excluding hydrogens is 224 g/mol. The van der Waals surface area contributed by atoms with E-state index in [9.17, 15) is 4.79 Å². The molecule has 1 rings (SSSR count). The molecule has 0 bridgehead atoms. The Labute approximate surface area is 100 Å². The second-order valence-electron chi connectivity index (χ2n) is 3.72. The van der Waals surface area contributed by atoms with Crippen LogP contribution in [0.2, 0.25) is 5.02 Å². The first kappa shape index (κ1) is 12.5. The van der Waals surface area contributed by atoms with E-state index in [0.29, 0.717) is 17.1 Å². The van der Waals surface area contributed by atoms with Crippen LogP contribution >= 0.6 is 11.6 Å². The predicted octanol–water partition coefficient (Wildman–Crippen LogP) is 2.57. The summed E-state index contributed by atoms with van der Waals surface area (Å²) < 4.78 is 0. The van der Waals surface area contributed by atoms with E-state index in [0.717, 1.165) is 0 Å². The highest BCUT2D eigenvalue weighted by molar-refractivity contribution is 6.30. The molecular formula is C12H13ClN2O. The molecule has 0 saturated heterocycles. The van der Waals surface area contributed by atoms with E-state index < -0.39 is 0 Å². The van der Waals surface area contributed by atoms with Gasteiger partial charge in [0.25, 0.3) is 5.91 Å². The Morgan fingerprint density at radius 1 is 1.50 bits per heavy atom. The highest BCUT2D eigenvalue weighted by Crippen LogP contribution is 2.11. The van der Waals surface area contributed by atoms with Crippen LogP contribution in [0, 0.1) is 17.2 Å². The van der Waals surface area contributed by atoms with Crippen molar-refractivity contribution in [3.8, 4) is 6.07 Å². The Kier molecular flexibility index (Phi) is 4.33. The first-order valence-corrected chi connectivity index (χ1v) is 5.33. The van der Waals surface area contributed by atoms with Crippen molar-refractivity contribution in [2.45, 2.75) is 6.92 Å². The maximum atomic E-state index is 11.9. The third-order valence-corrected chi connectivity index (χ3v) is 2.46. The number of rotatable bonds is 3. The lowest BCUT2D eigenvalue weighted by Gasteiger charge is -2.18.